The van der Waals surface area contributed by atoms with E-state index in [0.717, 1.165) is 12.0 Å². The largest absolute Gasteiger partial charge is 0.371 e. The van der Waals surface area contributed by atoms with Crippen molar-refractivity contribution in [2.24, 2.45) is 17.1 Å². The molecule has 0 amide bonds. The van der Waals surface area contributed by atoms with E-state index in [0.29, 0.717) is 0 Å². The fraction of sp³-hybridized carbons (Fsp3) is 0.538. The molecule has 1 aliphatic carbocycles. The molecule has 0 bridgehead atoms. The van der Waals surface area contributed by atoms with Crippen molar-refractivity contribution in [2.75, 3.05) is 0 Å². The molecule has 0 fully saturated rings. The van der Waals surface area contributed by atoms with Gasteiger partial charge in [-0.1, -0.05) is 45.0 Å². The van der Waals surface area contributed by atoms with Gasteiger partial charge in [-0.3, -0.25) is 5.73 Å². The van der Waals surface area contributed by atoms with Crippen LogP contribution in [0.5, 0.6) is 0 Å². The van der Waals surface area contributed by atoms with Crippen molar-refractivity contribution in [3.05, 3.63) is 35.4 Å². The van der Waals surface area contributed by atoms with Gasteiger partial charge in [-0.05, 0) is 17.4 Å². The van der Waals surface area contributed by atoms with E-state index in [1.54, 1.807) is 0 Å². The molecule has 2 nitrogen and oxygen atoms in total. The summed E-state index contributed by atoms with van der Waals surface area (Å²) < 4.78 is 0. The highest BCUT2D eigenvalue weighted by atomic mass is 16.3. The van der Waals surface area contributed by atoms with Crippen LogP contribution in [0.25, 0.3) is 0 Å². The van der Waals surface area contributed by atoms with Crippen LogP contribution in [-0.4, -0.2) is 5.11 Å². The Hall–Kier alpha value is -0.860. The van der Waals surface area contributed by atoms with Gasteiger partial charge in [0.2, 0.25) is 0 Å². The van der Waals surface area contributed by atoms with E-state index in [1.165, 1.54) is 5.56 Å². The van der Waals surface area contributed by atoms with Gasteiger partial charge in [0.25, 0.3) is 0 Å². The second kappa shape index (κ2) is 3.06. The predicted octanol–water partition coefficient (Wildman–Crippen LogP) is 2.01. The Bertz CT molecular complexity index is 376. The van der Waals surface area contributed by atoms with E-state index < -0.39 is 5.72 Å². The summed E-state index contributed by atoms with van der Waals surface area (Å²) in [7, 11) is 0. The summed E-state index contributed by atoms with van der Waals surface area (Å²) in [5, 5.41) is 10.4. The molecule has 0 saturated carbocycles. The Kier molecular flexibility index (Phi) is 2.18. The molecular formula is C13H19NO. The highest BCUT2D eigenvalue weighted by Gasteiger charge is 2.47. The Morgan fingerprint density at radius 1 is 1.33 bits per heavy atom. The van der Waals surface area contributed by atoms with Gasteiger partial charge >= 0.3 is 0 Å². The zero-order valence-corrected chi connectivity index (χ0v) is 9.62. The Morgan fingerprint density at radius 2 is 1.93 bits per heavy atom. The van der Waals surface area contributed by atoms with Crippen molar-refractivity contribution >= 4 is 0 Å². The first kappa shape index (κ1) is 10.7. The van der Waals surface area contributed by atoms with E-state index in [1.807, 2.05) is 18.2 Å². The summed E-state index contributed by atoms with van der Waals surface area (Å²) in [6, 6.07) is 7.92. The topological polar surface area (TPSA) is 46.2 Å². The average Bonchev–Trinajstić information content (AvgIpc) is 2.39. The van der Waals surface area contributed by atoms with Crippen molar-refractivity contribution in [3.8, 4) is 0 Å². The molecular weight excluding hydrogens is 186 g/mol. The first-order valence-electron chi connectivity index (χ1n) is 5.43. The molecule has 2 heteroatoms. The summed E-state index contributed by atoms with van der Waals surface area (Å²) >= 11 is 0. The maximum atomic E-state index is 10.4. The number of hydrogen-bond donors (Lipinski definition) is 2. The molecule has 1 aromatic rings. The van der Waals surface area contributed by atoms with E-state index in [4.69, 9.17) is 5.73 Å². The van der Waals surface area contributed by atoms with Gasteiger partial charge in [-0.15, -0.1) is 0 Å². The van der Waals surface area contributed by atoms with Gasteiger partial charge in [0.1, 0.15) is 5.72 Å². The first-order valence-corrected chi connectivity index (χ1v) is 5.43. The van der Waals surface area contributed by atoms with Crippen LogP contribution in [0.3, 0.4) is 0 Å². The van der Waals surface area contributed by atoms with Crippen molar-refractivity contribution in [3.63, 3.8) is 0 Å². The van der Waals surface area contributed by atoms with Gasteiger partial charge in [-0.25, -0.2) is 0 Å². The van der Waals surface area contributed by atoms with E-state index in [-0.39, 0.29) is 11.3 Å². The van der Waals surface area contributed by atoms with Gasteiger partial charge < -0.3 is 5.11 Å². The fourth-order valence-corrected chi connectivity index (χ4v) is 2.62. The van der Waals surface area contributed by atoms with Crippen LogP contribution in [0.4, 0.5) is 0 Å². The van der Waals surface area contributed by atoms with E-state index in [2.05, 4.69) is 26.8 Å². The zero-order chi connectivity index (χ0) is 11.3. The molecule has 0 saturated heterocycles. The number of rotatable bonds is 0. The van der Waals surface area contributed by atoms with Crippen LogP contribution in [0.15, 0.2) is 24.3 Å². The standard InChI is InChI=1S/C13H19NO/c1-12(2,3)11-8-9-6-4-5-7-10(9)13(11,14)15/h4-7,11,15H,8,14H2,1-3H3/t11?,13-/m0/s1. The molecule has 3 N–H and O–H groups in total. The molecule has 1 aliphatic rings. The van der Waals surface area contributed by atoms with E-state index >= 15 is 0 Å². The van der Waals surface area contributed by atoms with E-state index in [9.17, 15) is 5.11 Å². The summed E-state index contributed by atoms with van der Waals surface area (Å²) in [5.41, 5.74) is 7.00. The molecule has 2 atom stereocenters. The molecule has 1 aromatic carbocycles. The van der Waals surface area contributed by atoms with Crippen LogP contribution in [0, 0.1) is 11.3 Å². The highest BCUT2D eigenvalue weighted by Crippen LogP contribution is 2.46. The lowest BCUT2D eigenvalue weighted by molar-refractivity contribution is -0.0500. The van der Waals surface area contributed by atoms with Gasteiger partial charge in [-0.2, -0.15) is 0 Å². The SMILES string of the molecule is CC(C)(C)C1Cc2ccccc2[C@]1(N)O. The number of fused-ring (bicyclic) bond motifs is 1. The predicted molar refractivity (Wildman–Crippen MR) is 61.2 cm³/mol. The van der Waals surface area contributed by atoms with Crippen molar-refractivity contribution in [1.82, 2.24) is 0 Å². The molecule has 2 rings (SSSR count). The molecule has 0 heterocycles. The first-order chi connectivity index (χ1) is 6.83. The molecule has 15 heavy (non-hydrogen) atoms. The fourth-order valence-electron chi connectivity index (χ4n) is 2.62. The van der Waals surface area contributed by atoms with Crippen LogP contribution in [-0.2, 0) is 12.1 Å². The summed E-state index contributed by atoms with van der Waals surface area (Å²) in [6.45, 7) is 6.38. The minimum Gasteiger partial charge on any atom is -0.371 e. The monoisotopic (exact) mass is 205 g/mol. The number of nitrogens with two attached hydrogens (primary N) is 1. The quantitative estimate of drug-likeness (QED) is 0.636. The molecule has 82 valence electrons. The van der Waals surface area contributed by atoms with Gasteiger partial charge in [0.15, 0.2) is 0 Å². The minimum atomic E-state index is -1.17. The number of hydrogen-bond acceptors (Lipinski definition) is 2. The minimum absolute atomic E-state index is 0.0164. The maximum Gasteiger partial charge on any atom is 0.143 e. The lowest BCUT2D eigenvalue weighted by atomic mass is 9.75. The third kappa shape index (κ3) is 1.58. The zero-order valence-electron chi connectivity index (χ0n) is 9.62. The van der Waals surface area contributed by atoms with Crippen LogP contribution in [0.1, 0.15) is 31.9 Å². The Morgan fingerprint density at radius 3 is 2.47 bits per heavy atom. The van der Waals surface area contributed by atoms with Gasteiger partial charge in [0.05, 0.1) is 0 Å². The van der Waals surface area contributed by atoms with Crippen molar-refractivity contribution in [2.45, 2.75) is 32.9 Å². The highest BCUT2D eigenvalue weighted by molar-refractivity contribution is 5.38. The number of benzene rings is 1. The smallest absolute Gasteiger partial charge is 0.143 e. The normalized spacial score (nSPS) is 30.3. The summed E-state index contributed by atoms with van der Waals surface area (Å²) in [4.78, 5) is 0. The van der Waals surface area contributed by atoms with Crippen LogP contribution < -0.4 is 5.73 Å². The molecule has 1 unspecified atom stereocenters. The van der Waals surface area contributed by atoms with Crippen LogP contribution in [0.2, 0.25) is 0 Å². The third-order valence-electron chi connectivity index (χ3n) is 3.45. The molecule has 0 aromatic heterocycles. The van der Waals surface area contributed by atoms with Crippen molar-refractivity contribution < 1.29 is 5.11 Å². The average molecular weight is 205 g/mol. The second-order valence-corrected chi connectivity index (χ2v) is 5.61. The molecule has 0 spiro atoms. The maximum absolute atomic E-state index is 10.4. The second-order valence-electron chi connectivity index (χ2n) is 5.61. The lowest BCUT2D eigenvalue weighted by Gasteiger charge is -2.36. The van der Waals surface area contributed by atoms with Crippen LogP contribution >= 0.6 is 0 Å². The Labute approximate surface area is 91.1 Å². The molecule has 0 aliphatic heterocycles. The summed E-state index contributed by atoms with van der Waals surface area (Å²) in [6.07, 6.45) is 0.868. The Balaban J connectivity index is 2.47. The summed E-state index contributed by atoms with van der Waals surface area (Å²) in [5.74, 6) is 0.0856. The molecule has 0 radical (unpaired) electrons. The third-order valence-corrected chi connectivity index (χ3v) is 3.45. The lowest BCUT2D eigenvalue weighted by Crippen LogP contribution is -2.46. The van der Waals surface area contributed by atoms with Gasteiger partial charge in [0, 0.05) is 11.5 Å². The number of aliphatic hydroxyl groups is 1. The van der Waals surface area contributed by atoms with Crippen molar-refractivity contribution in [1.29, 1.82) is 0 Å².